The maximum atomic E-state index is 12.2. The molecular formula is C19H21N5O2. The standard InChI is InChI=1S/C19H21N5O2/c1-13(2)19(26)21-15-7-5-6-14(10-15)11-20-18(25)12-24-17-9-4-3-8-16(17)22-23-24/h3-10,13H,11-12H2,1-2H3,(H,20,25)(H,21,26). The van der Waals surface area contributed by atoms with E-state index in [0.29, 0.717) is 6.54 Å². The quantitative estimate of drug-likeness (QED) is 0.713. The molecule has 0 atom stereocenters. The first-order valence-corrected chi connectivity index (χ1v) is 8.47. The van der Waals surface area contributed by atoms with E-state index in [-0.39, 0.29) is 24.3 Å². The number of benzene rings is 2. The number of hydrogen-bond acceptors (Lipinski definition) is 4. The van der Waals surface area contributed by atoms with E-state index in [4.69, 9.17) is 0 Å². The maximum Gasteiger partial charge on any atom is 0.242 e. The fourth-order valence-corrected chi connectivity index (χ4v) is 2.47. The number of hydrogen-bond donors (Lipinski definition) is 2. The Morgan fingerprint density at radius 2 is 1.92 bits per heavy atom. The van der Waals surface area contributed by atoms with Crippen LogP contribution < -0.4 is 10.6 Å². The van der Waals surface area contributed by atoms with Gasteiger partial charge >= 0.3 is 0 Å². The lowest BCUT2D eigenvalue weighted by atomic mass is 10.1. The van der Waals surface area contributed by atoms with Crippen molar-refractivity contribution in [2.24, 2.45) is 5.92 Å². The molecule has 0 bridgehead atoms. The molecule has 0 saturated carbocycles. The number of aromatic nitrogens is 3. The summed E-state index contributed by atoms with van der Waals surface area (Å²) < 4.78 is 1.57. The summed E-state index contributed by atoms with van der Waals surface area (Å²) in [5.41, 5.74) is 3.20. The van der Waals surface area contributed by atoms with Crippen LogP contribution in [-0.2, 0) is 22.7 Å². The highest BCUT2D eigenvalue weighted by atomic mass is 16.2. The van der Waals surface area contributed by atoms with Gasteiger partial charge in [-0.2, -0.15) is 0 Å². The van der Waals surface area contributed by atoms with Crippen molar-refractivity contribution in [1.82, 2.24) is 20.3 Å². The van der Waals surface area contributed by atoms with Gasteiger partial charge in [-0.1, -0.05) is 43.3 Å². The molecule has 2 aromatic carbocycles. The second-order valence-electron chi connectivity index (χ2n) is 6.36. The summed E-state index contributed by atoms with van der Waals surface area (Å²) in [6.07, 6.45) is 0. The molecular weight excluding hydrogens is 330 g/mol. The zero-order valence-electron chi connectivity index (χ0n) is 14.8. The summed E-state index contributed by atoms with van der Waals surface area (Å²) >= 11 is 0. The first kappa shape index (κ1) is 17.6. The van der Waals surface area contributed by atoms with Crippen LogP contribution in [-0.4, -0.2) is 26.8 Å². The Labute approximate surface area is 151 Å². The van der Waals surface area contributed by atoms with Gasteiger partial charge in [0.05, 0.1) is 5.52 Å². The molecule has 2 amide bonds. The SMILES string of the molecule is CC(C)C(=O)Nc1cccc(CNC(=O)Cn2nnc3ccccc32)c1. The van der Waals surface area contributed by atoms with Gasteiger partial charge in [0.15, 0.2) is 0 Å². The molecule has 2 N–H and O–H groups in total. The molecule has 7 nitrogen and oxygen atoms in total. The first-order valence-electron chi connectivity index (χ1n) is 8.47. The Morgan fingerprint density at radius 1 is 1.12 bits per heavy atom. The highest BCUT2D eigenvalue weighted by molar-refractivity contribution is 5.92. The minimum absolute atomic E-state index is 0.0377. The second-order valence-corrected chi connectivity index (χ2v) is 6.36. The summed E-state index contributed by atoms with van der Waals surface area (Å²) in [6, 6.07) is 14.9. The fourth-order valence-electron chi connectivity index (χ4n) is 2.47. The van der Waals surface area contributed by atoms with Gasteiger partial charge in [-0.05, 0) is 29.8 Å². The van der Waals surface area contributed by atoms with Crippen LogP contribution in [0.15, 0.2) is 48.5 Å². The Kier molecular flexibility index (Phi) is 5.26. The second kappa shape index (κ2) is 7.77. The van der Waals surface area contributed by atoms with E-state index in [1.165, 1.54) is 0 Å². The van der Waals surface area contributed by atoms with Gasteiger partial charge in [-0.3, -0.25) is 9.59 Å². The largest absolute Gasteiger partial charge is 0.350 e. The van der Waals surface area contributed by atoms with Gasteiger partial charge in [-0.15, -0.1) is 5.10 Å². The maximum absolute atomic E-state index is 12.2. The molecule has 1 aromatic heterocycles. The molecule has 0 saturated heterocycles. The number of carbonyl (C=O) groups excluding carboxylic acids is 2. The van der Waals surface area contributed by atoms with Crippen molar-refractivity contribution in [3.8, 4) is 0 Å². The van der Waals surface area contributed by atoms with Crippen molar-refractivity contribution < 1.29 is 9.59 Å². The number of carbonyl (C=O) groups is 2. The third-order valence-electron chi connectivity index (χ3n) is 3.92. The molecule has 0 aliphatic carbocycles. The average Bonchev–Trinajstić information content (AvgIpc) is 3.03. The number of nitrogens with one attached hydrogen (secondary N) is 2. The fraction of sp³-hybridized carbons (Fsp3) is 0.263. The van der Waals surface area contributed by atoms with E-state index in [0.717, 1.165) is 22.3 Å². The lowest BCUT2D eigenvalue weighted by molar-refractivity contribution is -0.122. The molecule has 0 spiro atoms. The molecule has 3 aromatic rings. The number of para-hydroxylation sites is 1. The average molecular weight is 351 g/mol. The van der Waals surface area contributed by atoms with Crippen molar-refractivity contribution in [1.29, 1.82) is 0 Å². The molecule has 134 valence electrons. The van der Waals surface area contributed by atoms with Crippen molar-refractivity contribution >= 4 is 28.5 Å². The van der Waals surface area contributed by atoms with Crippen LogP contribution >= 0.6 is 0 Å². The van der Waals surface area contributed by atoms with Crippen molar-refractivity contribution in [3.05, 3.63) is 54.1 Å². The van der Waals surface area contributed by atoms with Crippen LogP contribution in [0.1, 0.15) is 19.4 Å². The van der Waals surface area contributed by atoms with Crippen LogP contribution in [0.4, 0.5) is 5.69 Å². The zero-order chi connectivity index (χ0) is 18.5. The molecule has 1 heterocycles. The third kappa shape index (κ3) is 4.24. The van der Waals surface area contributed by atoms with E-state index >= 15 is 0 Å². The normalized spacial score (nSPS) is 10.9. The number of rotatable bonds is 6. The Balaban J connectivity index is 1.58. The van der Waals surface area contributed by atoms with Crippen molar-refractivity contribution in [2.45, 2.75) is 26.9 Å². The van der Waals surface area contributed by atoms with E-state index in [9.17, 15) is 9.59 Å². The van der Waals surface area contributed by atoms with Crippen molar-refractivity contribution in [2.75, 3.05) is 5.32 Å². The molecule has 3 rings (SSSR count). The van der Waals surface area contributed by atoms with E-state index in [1.54, 1.807) is 4.68 Å². The predicted molar refractivity (Wildman–Crippen MR) is 99.3 cm³/mol. The van der Waals surface area contributed by atoms with Crippen LogP contribution in [0, 0.1) is 5.92 Å². The monoisotopic (exact) mass is 351 g/mol. The van der Waals surface area contributed by atoms with Crippen LogP contribution in [0.2, 0.25) is 0 Å². The smallest absolute Gasteiger partial charge is 0.242 e. The third-order valence-corrected chi connectivity index (χ3v) is 3.92. The van der Waals surface area contributed by atoms with E-state index in [1.807, 2.05) is 62.4 Å². The molecule has 0 fully saturated rings. The zero-order valence-corrected chi connectivity index (χ0v) is 14.8. The van der Waals surface area contributed by atoms with Crippen molar-refractivity contribution in [3.63, 3.8) is 0 Å². The van der Waals surface area contributed by atoms with Gasteiger partial charge in [-0.25, -0.2) is 4.68 Å². The Bertz CT molecular complexity index is 932. The molecule has 0 radical (unpaired) electrons. The van der Waals surface area contributed by atoms with Crippen LogP contribution in [0.3, 0.4) is 0 Å². The van der Waals surface area contributed by atoms with E-state index < -0.39 is 0 Å². The Morgan fingerprint density at radius 3 is 2.73 bits per heavy atom. The predicted octanol–water partition coefficient (Wildman–Crippen LogP) is 2.34. The summed E-state index contributed by atoms with van der Waals surface area (Å²) in [7, 11) is 0. The number of nitrogens with zero attached hydrogens (tertiary/aromatic N) is 3. The highest BCUT2D eigenvalue weighted by Gasteiger charge is 2.09. The van der Waals surface area contributed by atoms with Gasteiger partial charge in [0, 0.05) is 18.2 Å². The minimum atomic E-state index is -0.155. The first-order chi connectivity index (χ1) is 12.5. The van der Waals surface area contributed by atoms with Gasteiger partial charge < -0.3 is 10.6 Å². The molecule has 0 aliphatic heterocycles. The molecule has 7 heteroatoms. The summed E-state index contributed by atoms with van der Waals surface area (Å²) in [6.45, 7) is 4.15. The van der Waals surface area contributed by atoms with E-state index in [2.05, 4.69) is 20.9 Å². The number of anilines is 1. The van der Waals surface area contributed by atoms with Gasteiger partial charge in [0.25, 0.3) is 0 Å². The minimum Gasteiger partial charge on any atom is -0.350 e. The van der Waals surface area contributed by atoms with Crippen LogP contribution in [0.25, 0.3) is 11.0 Å². The lowest BCUT2D eigenvalue weighted by Crippen LogP contribution is -2.27. The van der Waals surface area contributed by atoms with Gasteiger partial charge in [0.1, 0.15) is 12.1 Å². The summed E-state index contributed by atoms with van der Waals surface area (Å²) in [5, 5.41) is 13.8. The number of fused-ring (bicyclic) bond motifs is 1. The number of amides is 2. The molecule has 0 unspecified atom stereocenters. The molecule has 0 aliphatic rings. The lowest BCUT2D eigenvalue weighted by Gasteiger charge is -2.10. The summed E-state index contributed by atoms with van der Waals surface area (Å²) in [4.78, 5) is 24.0. The highest BCUT2D eigenvalue weighted by Crippen LogP contribution is 2.12. The molecule has 26 heavy (non-hydrogen) atoms. The van der Waals surface area contributed by atoms with Gasteiger partial charge in [0.2, 0.25) is 11.8 Å². The summed E-state index contributed by atoms with van der Waals surface area (Å²) in [5.74, 6) is -0.280. The topological polar surface area (TPSA) is 88.9 Å². The van der Waals surface area contributed by atoms with Crippen LogP contribution in [0.5, 0.6) is 0 Å². The Hall–Kier alpha value is -3.22.